The van der Waals surface area contributed by atoms with E-state index in [1.807, 2.05) is 20.8 Å². The van der Waals surface area contributed by atoms with Gasteiger partial charge in [0.2, 0.25) is 17.7 Å². The molecule has 0 aliphatic rings. The number of rotatable bonds is 17. The Morgan fingerprint density at radius 1 is 0.875 bits per heavy atom. The fraction of sp³-hybridized carbons (Fsp3) is 0.643. The normalized spacial score (nSPS) is 12.8. The quantitative estimate of drug-likeness (QED) is 0.178. The lowest BCUT2D eigenvalue weighted by molar-refractivity contribution is -0.132. The van der Waals surface area contributed by atoms with Gasteiger partial charge in [0.15, 0.2) is 0 Å². The highest BCUT2D eigenvalue weighted by Crippen LogP contribution is 2.13. The molecular weight excluding hydrogens is 518 g/mol. The first-order valence-corrected chi connectivity index (χ1v) is 13.6. The van der Waals surface area contributed by atoms with Crippen molar-refractivity contribution in [3.05, 3.63) is 29.8 Å². The smallest absolute Gasteiger partial charge is 0.407 e. The van der Waals surface area contributed by atoms with Crippen LogP contribution in [-0.2, 0) is 35.2 Å². The molecule has 12 nitrogen and oxygen atoms in total. The predicted molar refractivity (Wildman–Crippen MR) is 152 cm³/mol. The number of carbonyl (C=O) groups is 4. The Kier molecular flexibility index (Phi) is 15.8. The van der Waals surface area contributed by atoms with E-state index < -0.39 is 30.0 Å². The number of nitrogens with one attached hydrogen (secondary N) is 4. The number of anilines is 1. The topological polar surface area (TPSA) is 170 Å². The number of benzene rings is 1. The van der Waals surface area contributed by atoms with Crippen molar-refractivity contribution in [2.75, 3.05) is 44.8 Å². The van der Waals surface area contributed by atoms with Crippen LogP contribution in [0.2, 0.25) is 0 Å². The van der Waals surface area contributed by atoms with Gasteiger partial charge in [-0.3, -0.25) is 14.4 Å². The zero-order valence-electron chi connectivity index (χ0n) is 24.6. The Hall–Kier alpha value is -3.22. The van der Waals surface area contributed by atoms with E-state index in [1.165, 1.54) is 0 Å². The molecule has 40 heavy (non-hydrogen) atoms. The third kappa shape index (κ3) is 15.4. The molecule has 0 aliphatic heterocycles. The van der Waals surface area contributed by atoms with Gasteiger partial charge in [-0.25, -0.2) is 4.79 Å². The SMILES string of the molecule is CC(NC(=O)[C@@H](NC(=O)CCOCCOCCN)C(C)C)C(=O)Nc1ccc(COC(=O)NCC(C)(C)C)cc1. The summed E-state index contributed by atoms with van der Waals surface area (Å²) in [5.74, 6) is -1.41. The Morgan fingerprint density at radius 3 is 2.08 bits per heavy atom. The Bertz CT molecular complexity index is 932. The van der Waals surface area contributed by atoms with Gasteiger partial charge in [0.05, 0.1) is 26.4 Å². The van der Waals surface area contributed by atoms with Crippen molar-refractivity contribution < 1.29 is 33.4 Å². The molecule has 0 bridgehead atoms. The lowest BCUT2D eigenvalue weighted by atomic mass is 9.97. The average molecular weight is 566 g/mol. The molecule has 0 saturated heterocycles. The Morgan fingerprint density at radius 2 is 1.50 bits per heavy atom. The molecule has 1 aromatic rings. The van der Waals surface area contributed by atoms with E-state index in [0.29, 0.717) is 38.6 Å². The lowest BCUT2D eigenvalue weighted by Gasteiger charge is -2.24. The predicted octanol–water partition coefficient (Wildman–Crippen LogP) is 1.92. The summed E-state index contributed by atoms with van der Waals surface area (Å²) in [5.41, 5.74) is 6.57. The number of carbonyl (C=O) groups excluding carboxylic acids is 4. The second-order valence-corrected chi connectivity index (χ2v) is 11.0. The van der Waals surface area contributed by atoms with Gasteiger partial charge < -0.3 is 41.2 Å². The van der Waals surface area contributed by atoms with Crippen LogP contribution in [-0.4, -0.2) is 75.4 Å². The summed E-state index contributed by atoms with van der Waals surface area (Å²) in [6, 6.07) is 5.17. The minimum absolute atomic E-state index is 0.0464. The number of ether oxygens (including phenoxy) is 3. The van der Waals surface area contributed by atoms with Crippen LogP contribution in [0.5, 0.6) is 0 Å². The van der Waals surface area contributed by atoms with Gasteiger partial charge >= 0.3 is 6.09 Å². The van der Waals surface area contributed by atoms with Gasteiger partial charge in [-0.15, -0.1) is 0 Å². The minimum atomic E-state index is -0.850. The first-order chi connectivity index (χ1) is 18.8. The molecule has 2 atom stereocenters. The molecule has 0 aromatic heterocycles. The molecule has 1 aromatic carbocycles. The largest absolute Gasteiger partial charge is 0.445 e. The summed E-state index contributed by atoms with van der Waals surface area (Å²) < 4.78 is 15.8. The number of amides is 4. The average Bonchev–Trinajstić information content (AvgIpc) is 2.88. The molecule has 6 N–H and O–H groups in total. The van der Waals surface area contributed by atoms with Crippen molar-refractivity contribution in [1.82, 2.24) is 16.0 Å². The van der Waals surface area contributed by atoms with Crippen LogP contribution in [0.25, 0.3) is 0 Å². The van der Waals surface area contributed by atoms with Crippen molar-refractivity contribution in [1.29, 1.82) is 0 Å². The first-order valence-electron chi connectivity index (χ1n) is 13.6. The molecule has 0 heterocycles. The van der Waals surface area contributed by atoms with Crippen LogP contribution < -0.4 is 27.0 Å². The maximum absolute atomic E-state index is 12.8. The minimum Gasteiger partial charge on any atom is -0.445 e. The van der Waals surface area contributed by atoms with Crippen molar-refractivity contribution in [2.45, 2.75) is 66.7 Å². The van der Waals surface area contributed by atoms with Gasteiger partial charge in [0.25, 0.3) is 0 Å². The zero-order valence-corrected chi connectivity index (χ0v) is 24.6. The molecule has 0 aliphatic carbocycles. The van der Waals surface area contributed by atoms with Crippen LogP contribution in [0.1, 0.15) is 53.5 Å². The van der Waals surface area contributed by atoms with Gasteiger partial charge in [-0.1, -0.05) is 46.8 Å². The van der Waals surface area contributed by atoms with Gasteiger partial charge in [0.1, 0.15) is 18.7 Å². The van der Waals surface area contributed by atoms with Gasteiger partial charge in [-0.2, -0.15) is 0 Å². The number of alkyl carbamates (subject to hydrolysis) is 1. The summed E-state index contributed by atoms with van der Waals surface area (Å²) in [7, 11) is 0. The highest BCUT2D eigenvalue weighted by atomic mass is 16.5. The summed E-state index contributed by atoms with van der Waals surface area (Å²) in [4.78, 5) is 49.6. The van der Waals surface area contributed by atoms with Gasteiger partial charge in [-0.05, 0) is 36.0 Å². The van der Waals surface area contributed by atoms with Crippen LogP contribution >= 0.6 is 0 Å². The lowest BCUT2D eigenvalue weighted by Crippen LogP contribution is -2.53. The van der Waals surface area contributed by atoms with Crippen LogP contribution in [0.4, 0.5) is 10.5 Å². The summed E-state index contributed by atoms with van der Waals surface area (Å²) in [5, 5.41) is 10.8. The van der Waals surface area contributed by atoms with Gasteiger partial charge in [0, 0.05) is 25.2 Å². The molecular formula is C28H47N5O7. The first kappa shape index (κ1) is 34.8. The molecule has 1 rings (SSSR count). The van der Waals surface area contributed by atoms with Crippen LogP contribution in [0.15, 0.2) is 24.3 Å². The van der Waals surface area contributed by atoms with Crippen molar-refractivity contribution in [2.24, 2.45) is 17.1 Å². The second-order valence-electron chi connectivity index (χ2n) is 11.0. The monoisotopic (exact) mass is 565 g/mol. The van der Waals surface area contributed by atoms with E-state index in [1.54, 1.807) is 45.0 Å². The molecule has 226 valence electrons. The molecule has 0 saturated carbocycles. The molecule has 12 heteroatoms. The van der Waals surface area contributed by atoms with E-state index in [2.05, 4.69) is 21.3 Å². The van der Waals surface area contributed by atoms with Crippen LogP contribution in [0.3, 0.4) is 0 Å². The molecule has 4 amide bonds. The van der Waals surface area contributed by atoms with E-state index in [4.69, 9.17) is 19.9 Å². The number of hydrogen-bond donors (Lipinski definition) is 5. The fourth-order valence-electron chi connectivity index (χ4n) is 3.19. The van der Waals surface area contributed by atoms with Crippen molar-refractivity contribution in [3.63, 3.8) is 0 Å². The molecule has 0 radical (unpaired) electrons. The number of nitrogens with two attached hydrogens (primary N) is 1. The van der Waals surface area contributed by atoms with E-state index in [-0.39, 0.29) is 36.9 Å². The molecule has 0 spiro atoms. The maximum Gasteiger partial charge on any atom is 0.407 e. The van der Waals surface area contributed by atoms with E-state index >= 15 is 0 Å². The highest BCUT2D eigenvalue weighted by molar-refractivity contribution is 5.98. The summed E-state index contributed by atoms with van der Waals surface area (Å²) in [6.45, 7) is 13.6. The number of hydrogen-bond acceptors (Lipinski definition) is 8. The third-order valence-electron chi connectivity index (χ3n) is 5.48. The fourth-order valence-corrected chi connectivity index (χ4v) is 3.19. The Balaban J connectivity index is 2.48. The highest BCUT2D eigenvalue weighted by Gasteiger charge is 2.27. The molecule has 1 unspecified atom stereocenters. The third-order valence-corrected chi connectivity index (χ3v) is 5.48. The van der Waals surface area contributed by atoms with E-state index in [9.17, 15) is 19.2 Å². The second kappa shape index (κ2) is 18.2. The Labute approximate surface area is 237 Å². The van der Waals surface area contributed by atoms with Crippen molar-refractivity contribution >= 4 is 29.5 Å². The van der Waals surface area contributed by atoms with Crippen molar-refractivity contribution in [3.8, 4) is 0 Å². The maximum atomic E-state index is 12.8. The summed E-state index contributed by atoms with van der Waals surface area (Å²) >= 11 is 0. The standard InChI is InChI=1S/C28H47N5O7/c1-19(2)24(33-23(34)11-13-38-15-16-39-14-12-29)26(36)31-20(3)25(35)32-22-9-7-21(8-10-22)17-40-27(37)30-18-28(4,5)6/h7-10,19-20,24H,11-18,29H2,1-6H3,(H,30,37)(H,31,36)(H,32,35)(H,33,34)/t20?,24-/m0/s1. The molecule has 0 fully saturated rings. The van der Waals surface area contributed by atoms with Crippen LogP contribution in [0, 0.1) is 11.3 Å². The summed E-state index contributed by atoms with van der Waals surface area (Å²) in [6.07, 6.45) is -0.406. The zero-order chi connectivity index (χ0) is 30.1. The van der Waals surface area contributed by atoms with E-state index in [0.717, 1.165) is 5.56 Å².